The van der Waals surface area contributed by atoms with Crippen LogP contribution in [0.1, 0.15) is 45.7 Å². The van der Waals surface area contributed by atoms with Crippen LogP contribution < -0.4 is 10.5 Å². The molecule has 2 N–H and O–H groups in total. The predicted octanol–water partition coefficient (Wildman–Crippen LogP) is 2.73. The monoisotopic (exact) mass is 290 g/mol. The summed E-state index contributed by atoms with van der Waals surface area (Å²) in [5, 5.41) is 0. The van der Waals surface area contributed by atoms with E-state index in [1.807, 2.05) is 43.0 Å². The average Bonchev–Trinajstić information content (AvgIpc) is 2.72. The maximum absolute atomic E-state index is 12.1. The molecule has 1 aromatic rings. The topological polar surface area (TPSA) is 55.6 Å². The van der Waals surface area contributed by atoms with Gasteiger partial charge in [0, 0.05) is 18.5 Å². The molecule has 0 aromatic heterocycles. The highest BCUT2D eigenvalue weighted by Crippen LogP contribution is 2.34. The minimum absolute atomic E-state index is 0.0309. The van der Waals surface area contributed by atoms with Gasteiger partial charge in [0.05, 0.1) is 12.6 Å². The van der Waals surface area contributed by atoms with Gasteiger partial charge in [-0.1, -0.05) is 26.0 Å². The Bertz CT molecular complexity index is 482. The molecule has 1 saturated heterocycles. The number of hydrogen-bond donors (Lipinski definition) is 1. The normalized spacial score (nSPS) is 22.4. The molecule has 0 bridgehead atoms. The molecule has 1 aliphatic heterocycles. The molecule has 1 fully saturated rings. The zero-order chi connectivity index (χ0) is 15.6. The molecule has 0 saturated carbocycles. The number of rotatable bonds is 5. The van der Waals surface area contributed by atoms with Crippen LogP contribution in [0.25, 0.3) is 0 Å². The van der Waals surface area contributed by atoms with Crippen LogP contribution in [-0.4, -0.2) is 29.5 Å². The number of likely N-dealkylation sites (tertiary alicyclic amines) is 1. The fourth-order valence-electron chi connectivity index (χ4n) is 2.82. The Morgan fingerprint density at radius 1 is 1.24 bits per heavy atom. The van der Waals surface area contributed by atoms with Gasteiger partial charge < -0.3 is 15.4 Å². The second-order valence-corrected chi connectivity index (χ2v) is 6.48. The molecule has 4 heteroatoms. The Kier molecular flexibility index (Phi) is 4.88. The van der Waals surface area contributed by atoms with Crippen molar-refractivity contribution >= 4 is 5.91 Å². The maximum Gasteiger partial charge on any atom is 0.225 e. The quantitative estimate of drug-likeness (QED) is 0.907. The molecule has 4 nitrogen and oxygen atoms in total. The lowest BCUT2D eigenvalue weighted by molar-refractivity contribution is -0.130. The summed E-state index contributed by atoms with van der Waals surface area (Å²) in [6.45, 7) is 9.01. The number of ether oxygens (including phenoxy) is 1. The molecule has 21 heavy (non-hydrogen) atoms. The lowest BCUT2D eigenvalue weighted by Crippen LogP contribution is -2.37. The van der Waals surface area contributed by atoms with Crippen molar-refractivity contribution < 1.29 is 9.53 Å². The van der Waals surface area contributed by atoms with Crippen LogP contribution in [-0.2, 0) is 4.79 Å². The molecule has 1 aromatic carbocycles. The summed E-state index contributed by atoms with van der Waals surface area (Å²) in [6.07, 6.45) is 0.425. The molecule has 2 rings (SSSR count). The number of benzene rings is 1. The largest absolute Gasteiger partial charge is 0.493 e. The summed E-state index contributed by atoms with van der Waals surface area (Å²) < 4.78 is 5.70. The van der Waals surface area contributed by atoms with Gasteiger partial charge in [-0.15, -0.1) is 0 Å². The number of carbonyl (C=O) groups excluding carboxylic acids is 1. The van der Waals surface area contributed by atoms with Crippen molar-refractivity contribution in [2.45, 2.75) is 52.2 Å². The van der Waals surface area contributed by atoms with Crippen LogP contribution in [0.3, 0.4) is 0 Å². The molecular formula is C17H26N2O2. The number of hydrogen-bond acceptors (Lipinski definition) is 3. The average molecular weight is 290 g/mol. The Labute approximate surface area is 127 Å². The van der Waals surface area contributed by atoms with Crippen molar-refractivity contribution in [2.24, 2.45) is 11.7 Å². The van der Waals surface area contributed by atoms with E-state index in [0.29, 0.717) is 18.9 Å². The number of carbonyl (C=O) groups is 1. The van der Waals surface area contributed by atoms with Crippen molar-refractivity contribution in [2.75, 3.05) is 6.61 Å². The molecule has 0 spiro atoms. The molecule has 1 heterocycles. The minimum atomic E-state index is -0.137. The summed E-state index contributed by atoms with van der Waals surface area (Å²) >= 11 is 0. The molecule has 1 amide bonds. The Balaban J connectivity index is 2.15. The molecule has 116 valence electrons. The van der Waals surface area contributed by atoms with E-state index < -0.39 is 0 Å². The van der Waals surface area contributed by atoms with E-state index >= 15 is 0 Å². The van der Waals surface area contributed by atoms with Gasteiger partial charge in [-0.25, -0.2) is 0 Å². The highest BCUT2D eigenvalue weighted by molar-refractivity contribution is 5.80. The Morgan fingerprint density at radius 3 is 2.38 bits per heavy atom. The lowest BCUT2D eigenvalue weighted by Gasteiger charge is -2.30. The van der Waals surface area contributed by atoms with Crippen molar-refractivity contribution in [3.63, 3.8) is 0 Å². The van der Waals surface area contributed by atoms with E-state index in [-0.39, 0.29) is 24.0 Å². The van der Waals surface area contributed by atoms with Crippen molar-refractivity contribution in [1.29, 1.82) is 0 Å². The SMILES string of the molecule is CC(C)COc1ccc(C2C(N)CC(=O)N2C(C)C)cc1. The third-order valence-corrected chi connectivity index (χ3v) is 3.76. The van der Waals surface area contributed by atoms with Gasteiger partial charge >= 0.3 is 0 Å². The van der Waals surface area contributed by atoms with E-state index in [1.54, 1.807) is 0 Å². The Morgan fingerprint density at radius 2 is 1.86 bits per heavy atom. The van der Waals surface area contributed by atoms with E-state index in [4.69, 9.17) is 10.5 Å². The van der Waals surface area contributed by atoms with Gasteiger partial charge in [-0.05, 0) is 37.5 Å². The second kappa shape index (κ2) is 6.48. The minimum Gasteiger partial charge on any atom is -0.493 e. The van der Waals surface area contributed by atoms with E-state index in [1.165, 1.54) is 0 Å². The van der Waals surface area contributed by atoms with E-state index in [9.17, 15) is 4.79 Å². The maximum atomic E-state index is 12.1. The highest BCUT2D eigenvalue weighted by atomic mass is 16.5. The van der Waals surface area contributed by atoms with Gasteiger partial charge in [-0.3, -0.25) is 4.79 Å². The molecule has 2 atom stereocenters. The zero-order valence-electron chi connectivity index (χ0n) is 13.4. The summed E-state index contributed by atoms with van der Waals surface area (Å²) in [4.78, 5) is 14.0. The van der Waals surface area contributed by atoms with Gasteiger partial charge in [0.15, 0.2) is 0 Å². The van der Waals surface area contributed by atoms with Gasteiger partial charge in [0.25, 0.3) is 0 Å². The number of nitrogens with zero attached hydrogens (tertiary/aromatic N) is 1. The van der Waals surface area contributed by atoms with Crippen LogP contribution in [0, 0.1) is 5.92 Å². The van der Waals surface area contributed by atoms with Crippen LogP contribution in [0.2, 0.25) is 0 Å². The fraction of sp³-hybridized carbons (Fsp3) is 0.588. The molecule has 0 radical (unpaired) electrons. The highest BCUT2D eigenvalue weighted by Gasteiger charge is 2.39. The summed E-state index contributed by atoms with van der Waals surface area (Å²) in [7, 11) is 0. The predicted molar refractivity (Wildman–Crippen MR) is 84.1 cm³/mol. The van der Waals surface area contributed by atoms with Crippen LogP contribution in [0.15, 0.2) is 24.3 Å². The summed E-state index contributed by atoms with van der Waals surface area (Å²) in [6, 6.07) is 7.96. The van der Waals surface area contributed by atoms with Crippen molar-refractivity contribution in [1.82, 2.24) is 4.90 Å². The first-order valence-electron chi connectivity index (χ1n) is 7.69. The Hall–Kier alpha value is -1.55. The summed E-state index contributed by atoms with van der Waals surface area (Å²) in [5.41, 5.74) is 7.25. The van der Waals surface area contributed by atoms with E-state index in [0.717, 1.165) is 11.3 Å². The lowest BCUT2D eigenvalue weighted by atomic mass is 10.00. The van der Waals surface area contributed by atoms with Gasteiger partial charge in [-0.2, -0.15) is 0 Å². The third kappa shape index (κ3) is 3.56. The molecular weight excluding hydrogens is 264 g/mol. The van der Waals surface area contributed by atoms with E-state index in [2.05, 4.69) is 13.8 Å². The molecule has 1 aliphatic rings. The molecule has 2 unspecified atom stereocenters. The van der Waals surface area contributed by atoms with Gasteiger partial charge in [0.2, 0.25) is 5.91 Å². The molecule has 0 aliphatic carbocycles. The second-order valence-electron chi connectivity index (χ2n) is 6.48. The van der Waals surface area contributed by atoms with Crippen molar-refractivity contribution in [3.05, 3.63) is 29.8 Å². The number of nitrogens with two attached hydrogens (primary N) is 1. The zero-order valence-corrected chi connectivity index (χ0v) is 13.4. The fourth-order valence-corrected chi connectivity index (χ4v) is 2.82. The van der Waals surface area contributed by atoms with Crippen molar-refractivity contribution in [3.8, 4) is 5.75 Å². The van der Waals surface area contributed by atoms with Crippen LogP contribution >= 0.6 is 0 Å². The standard InChI is InChI=1S/C17H26N2O2/c1-11(2)10-21-14-7-5-13(6-8-14)17-15(18)9-16(20)19(17)12(3)4/h5-8,11-12,15,17H,9-10,18H2,1-4H3. The first-order chi connectivity index (χ1) is 9.90. The van der Waals surface area contributed by atoms with Crippen LogP contribution in [0.4, 0.5) is 0 Å². The first kappa shape index (κ1) is 15.8. The first-order valence-corrected chi connectivity index (χ1v) is 7.69. The van der Waals surface area contributed by atoms with Crippen LogP contribution in [0.5, 0.6) is 5.75 Å². The number of amides is 1. The van der Waals surface area contributed by atoms with Gasteiger partial charge in [0.1, 0.15) is 5.75 Å². The smallest absolute Gasteiger partial charge is 0.225 e. The third-order valence-electron chi connectivity index (χ3n) is 3.76. The summed E-state index contributed by atoms with van der Waals surface area (Å²) in [5.74, 6) is 1.51.